The topological polar surface area (TPSA) is 108 Å². The molecule has 0 rings (SSSR count). The van der Waals surface area contributed by atoms with Gasteiger partial charge in [0.15, 0.2) is 0 Å². The number of carbonyl (C=O) groups excluding carboxylic acids is 1. The number of quaternary nitrogens is 1. The number of rotatable bonds is 45. The lowest BCUT2D eigenvalue weighted by molar-refractivity contribution is -0.870. The summed E-state index contributed by atoms with van der Waals surface area (Å²) in [7, 11) is 1.26. The molecule has 0 bridgehead atoms. The Morgan fingerprint density at radius 2 is 0.948 bits per heavy atom. The number of aliphatic hydroxyl groups excluding tert-OH is 1. The van der Waals surface area contributed by atoms with Gasteiger partial charge in [0.25, 0.3) is 7.82 Å². The molecule has 1 amide bonds. The molecule has 0 saturated carbocycles. The zero-order valence-electron chi connectivity index (χ0n) is 39.0. The molecule has 0 aliphatic carbocycles. The van der Waals surface area contributed by atoms with Crippen LogP contribution in [0.1, 0.15) is 232 Å². The van der Waals surface area contributed by atoms with E-state index in [4.69, 9.17) is 9.05 Å². The van der Waals surface area contributed by atoms with Crippen molar-refractivity contribution in [3.63, 3.8) is 0 Å². The zero-order chi connectivity index (χ0) is 42.8. The lowest BCUT2D eigenvalue weighted by Gasteiger charge is -2.29. The summed E-state index contributed by atoms with van der Waals surface area (Å²) in [6, 6.07) is -0.886. The quantitative estimate of drug-likeness (QED) is 0.0274. The first kappa shape index (κ1) is 57.0. The van der Waals surface area contributed by atoms with Crippen LogP contribution in [0, 0.1) is 0 Å². The molecule has 0 aromatic carbocycles. The summed E-state index contributed by atoms with van der Waals surface area (Å²) in [5, 5.41) is 13.8. The Kier molecular flexibility index (Phi) is 40.6. The van der Waals surface area contributed by atoms with Gasteiger partial charge in [-0.15, -0.1) is 0 Å². The van der Waals surface area contributed by atoms with Crippen molar-refractivity contribution in [1.29, 1.82) is 0 Å². The maximum absolute atomic E-state index is 12.9. The number of likely N-dealkylation sites (N-methyl/N-ethyl adjacent to an activating group) is 1. The molecule has 344 valence electrons. The largest absolute Gasteiger partial charge is 0.756 e. The third-order valence-electron chi connectivity index (χ3n) is 11.2. The van der Waals surface area contributed by atoms with Gasteiger partial charge in [-0.2, -0.15) is 0 Å². The number of hydrogen-bond acceptors (Lipinski definition) is 6. The second-order valence-electron chi connectivity index (χ2n) is 18.2. The van der Waals surface area contributed by atoms with Gasteiger partial charge in [0.2, 0.25) is 5.91 Å². The highest BCUT2D eigenvalue weighted by Crippen LogP contribution is 2.38. The van der Waals surface area contributed by atoms with Crippen molar-refractivity contribution < 1.29 is 32.9 Å². The van der Waals surface area contributed by atoms with E-state index >= 15 is 0 Å². The van der Waals surface area contributed by atoms with E-state index in [0.29, 0.717) is 17.4 Å². The first-order chi connectivity index (χ1) is 28.0. The van der Waals surface area contributed by atoms with Crippen molar-refractivity contribution in [1.82, 2.24) is 5.32 Å². The molecule has 0 fully saturated rings. The summed E-state index contributed by atoms with van der Waals surface area (Å²) in [5.74, 6) is -0.200. The lowest BCUT2D eigenvalue weighted by Crippen LogP contribution is -2.45. The smallest absolute Gasteiger partial charge is 0.268 e. The molecule has 0 saturated heterocycles. The van der Waals surface area contributed by atoms with E-state index in [2.05, 4.69) is 31.3 Å². The maximum Gasteiger partial charge on any atom is 0.268 e. The third kappa shape index (κ3) is 43.1. The SMILES string of the molecule is CCCCCCCCCCCC/C=C\CCCCCCCCCC(=O)NC(COP(=O)([O-])OCC[N+](C)(C)C)C(O)/C=C/CCCCCCCCCCCCCCC. The molecular formula is C49H97N2O6P. The fourth-order valence-electron chi connectivity index (χ4n) is 7.21. The van der Waals surface area contributed by atoms with E-state index in [9.17, 15) is 19.4 Å². The Morgan fingerprint density at radius 1 is 0.586 bits per heavy atom. The molecule has 0 heterocycles. The van der Waals surface area contributed by atoms with E-state index in [1.807, 2.05) is 27.2 Å². The van der Waals surface area contributed by atoms with E-state index in [-0.39, 0.29) is 19.1 Å². The van der Waals surface area contributed by atoms with Gasteiger partial charge in [-0.3, -0.25) is 9.36 Å². The van der Waals surface area contributed by atoms with Gasteiger partial charge < -0.3 is 28.8 Å². The number of aliphatic hydroxyl groups is 1. The van der Waals surface area contributed by atoms with Crippen LogP contribution < -0.4 is 10.2 Å². The summed E-state index contributed by atoms with van der Waals surface area (Å²) in [4.78, 5) is 25.4. The summed E-state index contributed by atoms with van der Waals surface area (Å²) >= 11 is 0. The number of hydrogen-bond donors (Lipinski definition) is 2. The molecule has 9 heteroatoms. The van der Waals surface area contributed by atoms with Crippen molar-refractivity contribution >= 4 is 13.7 Å². The Labute approximate surface area is 360 Å². The molecule has 0 aromatic heterocycles. The zero-order valence-corrected chi connectivity index (χ0v) is 39.9. The number of nitrogens with zero attached hydrogens (tertiary/aromatic N) is 1. The summed E-state index contributed by atoms with van der Waals surface area (Å²) in [6.07, 6.45) is 49.4. The Hall–Kier alpha value is -1.02. The normalized spacial score (nSPS) is 14.4. The highest BCUT2D eigenvalue weighted by atomic mass is 31.2. The highest BCUT2D eigenvalue weighted by molar-refractivity contribution is 7.45. The van der Waals surface area contributed by atoms with Crippen molar-refractivity contribution in [2.24, 2.45) is 0 Å². The molecule has 0 aliphatic heterocycles. The minimum absolute atomic E-state index is 0.000587. The van der Waals surface area contributed by atoms with Gasteiger partial charge in [0.05, 0.1) is 39.9 Å². The van der Waals surface area contributed by atoms with Crippen LogP contribution in [-0.4, -0.2) is 68.5 Å². The lowest BCUT2D eigenvalue weighted by atomic mass is 10.0. The van der Waals surface area contributed by atoms with Crippen molar-refractivity contribution in [3.8, 4) is 0 Å². The number of phosphoric acid groups is 1. The monoisotopic (exact) mass is 841 g/mol. The van der Waals surface area contributed by atoms with Crippen LogP contribution in [0.2, 0.25) is 0 Å². The number of allylic oxidation sites excluding steroid dienone is 3. The first-order valence-corrected chi connectivity index (χ1v) is 26.2. The predicted molar refractivity (Wildman–Crippen MR) is 247 cm³/mol. The molecular weight excluding hydrogens is 744 g/mol. The summed E-state index contributed by atoms with van der Waals surface area (Å²) < 4.78 is 23.2. The standard InChI is InChI=1S/C49H97N2O6P/c1-6-8-10-12-14-16-18-20-22-23-24-25-26-27-29-31-33-35-37-39-41-43-49(53)50-47(46-57-58(54,55)56-45-44-51(3,4)5)48(52)42-40-38-36-34-32-30-28-21-19-17-15-13-11-9-7-2/h25-26,40,42,47-48,52H,6-24,27-39,41,43-46H2,1-5H3,(H-,50,53,54,55)/b26-25-,42-40+. The second-order valence-corrected chi connectivity index (χ2v) is 19.6. The van der Waals surface area contributed by atoms with E-state index < -0.39 is 20.0 Å². The van der Waals surface area contributed by atoms with Crippen LogP contribution in [-0.2, 0) is 18.4 Å². The molecule has 0 aliphatic rings. The molecule has 3 atom stereocenters. The number of carbonyl (C=O) groups is 1. The van der Waals surface area contributed by atoms with Crippen molar-refractivity contribution in [2.75, 3.05) is 40.9 Å². The van der Waals surface area contributed by atoms with Gasteiger partial charge in [0.1, 0.15) is 13.2 Å². The van der Waals surface area contributed by atoms with Crippen LogP contribution in [0.3, 0.4) is 0 Å². The fourth-order valence-corrected chi connectivity index (χ4v) is 7.93. The average molecular weight is 841 g/mol. The first-order valence-electron chi connectivity index (χ1n) is 24.7. The highest BCUT2D eigenvalue weighted by Gasteiger charge is 2.23. The molecule has 58 heavy (non-hydrogen) atoms. The molecule has 8 nitrogen and oxygen atoms in total. The number of unbranched alkanes of at least 4 members (excludes halogenated alkanes) is 30. The van der Waals surface area contributed by atoms with Crippen LogP contribution in [0.15, 0.2) is 24.3 Å². The average Bonchev–Trinajstić information content (AvgIpc) is 3.17. The molecule has 0 spiro atoms. The van der Waals surface area contributed by atoms with Crippen LogP contribution in [0.4, 0.5) is 0 Å². The Bertz CT molecular complexity index is 1000. The summed E-state index contributed by atoms with van der Waals surface area (Å²) in [5.41, 5.74) is 0. The molecule has 2 N–H and O–H groups in total. The number of amides is 1. The minimum atomic E-state index is -4.59. The van der Waals surface area contributed by atoms with Crippen LogP contribution in [0.25, 0.3) is 0 Å². The van der Waals surface area contributed by atoms with E-state index in [1.165, 1.54) is 173 Å². The van der Waals surface area contributed by atoms with E-state index in [1.54, 1.807) is 6.08 Å². The van der Waals surface area contributed by atoms with Crippen LogP contribution in [0.5, 0.6) is 0 Å². The van der Waals surface area contributed by atoms with Crippen LogP contribution >= 0.6 is 7.82 Å². The third-order valence-corrected chi connectivity index (χ3v) is 12.1. The van der Waals surface area contributed by atoms with Crippen molar-refractivity contribution in [2.45, 2.75) is 244 Å². The van der Waals surface area contributed by atoms with Crippen molar-refractivity contribution in [3.05, 3.63) is 24.3 Å². The second kappa shape index (κ2) is 41.3. The predicted octanol–water partition coefficient (Wildman–Crippen LogP) is 13.5. The summed E-state index contributed by atoms with van der Waals surface area (Å²) in [6.45, 7) is 4.66. The molecule has 3 unspecified atom stereocenters. The van der Waals surface area contributed by atoms with Gasteiger partial charge in [-0.25, -0.2) is 0 Å². The Morgan fingerprint density at radius 3 is 1.34 bits per heavy atom. The number of nitrogens with one attached hydrogen (secondary N) is 1. The molecule has 0 radical (unpaired) electrons. The fraction of sp³-hybridized carbons (Fsp3) is 0.898. The van der Waals surface area contributed by atoms with Gasteiger partial charge in [-0.1, -0.05) is 205 Å². The van der Waals surface area contributed by atoms with E-state index in [0.717, 1.165) is 38.5 Å². The minimum Gasteiger partial charge on any atom is -0.756 e. The van der Waals surface area contributed by atoms with Gasteiger partial charge in [-0.05, 0) is 44.9 Å². The van der Waals surface area contributed by atoms with Gasteiger partial charge >= 0.3 is 0 Å². The number of phosphoric ester groups is 1. The van der Waals surface area contributed by atoms with Gasteiger partial charge in [0, 0.05) is 6.42 Å². The maximum atomic E-state index is 12.9. The Balaban J connectivity index is 4.31. The molecule has 0 aromatic rings.